The molecule has 0 amide bonds. The lowest BCUT2D eigenvalue weighted by molar-refractivity contribution is 0.0903. The van der Waals surface area contributed by atoms with Gasteiger partial charge in [-0.3, -0.25) is 4.79 Å². The first-order valence-electron chi connectivity index (χ1n) is 12.9. The Morgan fingerprint density at radius 2 is 1.87 bits per heavy atom. The lowest BCUT2D eigenvalue weighted by atomic mass is 10.1. The van der Waals surface area contributed by atoms with Gasteiger partial charge in [-0.25, -0.2) is 9.97 Å². The SMILES string of the molecule is CC(C)(C)[Si](C)(C)OCC(c1ccc(Cl)c(Cl)c1)n1ccc(-c2ccnc(NC3CCOCC3)n2)cc1=O. The van der Waals surface area contributed by atoms with Gasteiger partial charge in [0.1, 0.15) is 0 Å². The molecule has 3 heterocycles. The van der Waals surface area contributed by atoms with Crippen LogP contribution < -0.4 is 10.9 Å². The highest BCUT2D eigenvalue weighted by Crippen LogP contribution is 2.38. The number of halogens is 2. The Balaban J connectivity index is 1.63. The standard InChI is InChI=1S/C28H36Cl2N4O3Si/c1-28(2,3)38(4,5)37-18-25(20-6-7-22(29)23(30)16-20)34-13-9-19(17-26(34)35)24-8-12-31-27(33-24)32-21-10-14-36-15-11-21/h6-9,12-13,16-17,21,25H,10-11,14-15,18H2,1-5H3,(H,31,32,33). The number of aromatic nitrogens is 3. The number of hydrogen-bond donors (Lipinski definition) is 1. The number of rotatable bonds is 8. The van der Waals surface area contributed by atoms with Gasteiger partial charge >= 0.3 is 0 Å². The van der Waals surface area contributed by atoms with E-state index in [1.807, 2.05) is 24.3 Å². The van der Waals surface area contributed by atoms with Gasteiger partial charge in [-0.2, -0.15) is 0 Å². The molecule has 3 aromatic rings. The largest absolute Gasteiger partial charge is 0.414 e. The van der Waals surface area contributed by atoms with E-state index in [9.17, 15) is 4.79 Å². The van der Waals surface area contributed by atoms with Crippen LogP contribution in [0.25, 0.3) is 11.3 Å². The fraction of sp³-hybridized carbons (Fsp3) is 0.464. The van der Waals surface area contributed by atoms with E-state index in [0.29, 0.717) is 28.3 Å². The maximum Gasteiger partial charge on any atom is 0.251 e. The third-order valence-corrected chi connectivity index (χ3v) is 12.8. The summed E-state index contributed by atoms with van der Waals surface area (Å²) in [6.45, 7) is 12.8. The van der Waals surface area contributed by atoms with Crippen LogP contribution in [0.1, 0.15) is 45.2 Å². The number of benzene rings is 1. The van der Waals surface area contributed by atoms with Gasteiger partial charge in [0.2, 0.25) is 5.95 Å². The predicted molar refractivity (Wildman–Crippen MR) is 157 cm³/mol. The highest BCUT2D eigenvalue weighted by atomic mass is 35.5. The molecule has 0 aliphatic carbocycles. The Morgan fingerprint density at radius 3 is 2.53 bits per heavy atom. The number of ether oxygens (including phenoxy) is 1. The van der Waals surface area contributed by atoms with Crippen LogP contribution in [0.15, 0.2) is 53.6 Å². The Hall–Kier alpha value is -2.23. The topological polar surface area (TPSA) is 78.3 Å². The van der Waals surface area contributed by atoms with E-state index < -0.39 is 8.32 Å². The fourth-order valence-corrected chi connectivity index (χ4v) is 5.39. The van der Waals surface area contributed by atoms with Crippen molar-refractivity contribution in [3.05, 3.63) is 74.8 Å². The van der Waals surface area contributed by atoms with Gasteiger partial charge in [-0.1, -0.05) is 50.0 Å². The third kappa shape index (κ3) is 6.85. The number of nitrogens with one attached hydrogen (secondary N) is 1. The smallest absolute Gasteiger partial charge is 0.251 e. The first kappa shape index (κ1) is 28.8. The van der Waals surface area contributed by atoms with Crippen LogP contribution in [0.5, 0.6) is 0 Å². The van der Waals surface area contributed by atoms with Gasteiger partial charge in [0.15, 0.2) is 8.32 Å². The van der Waals surface area contributed by atoms with Gasteiger partial charge in [-0.15, -0.1) is 0 Å². The van der Waals surface area contributed by atoms with Gasteiger partial charge in [0.25, 0.3) is 5.56 Å². The zero-order chi connectivity index (χ0) is 27.5. The summed E-state index contributed by atoms with van der Waals surface area (Å²) in [6.07, 6.45) is 5.34. The molecule has 0 bridgehead atoms. The summed E-state index contributed by atoms with van der Waals surface area (Å²) < 4.78 is 13.7. The summed E-state index contributed by atoms with van der Waals surface area (Å²) in [5.41, 5.74) is 2.11. The van der Waals surface area contributed by atoms with Crippen LogP contribution in [0.3, 0.4) is 0 Å². The van der Waals surface area contributed by atoms with Crippen molar-refractivity contribution in [3.8, 4) is 11.3 Å². The lowest BCUT2D eigenvalue weighted by Crippen LogP contribution is -2.43. The van der Waals surface area contributed by atoms with Gasteiger partial charge < -0.3 is 19.0 Å². The summed E-state index contributed by atoms with van der Waals surface area (Å²) in [5.74, 6) is 0.551. The van der Waals surface area contributed by atoms with Crippen LogP contribution in [0, 0.1) is 0 Å². The Kier molecular flexibility index (Phi) is 8.99. The monoisotopic (exact) mass is 574 g/mol. The molecule has 1 saturated heterocycles. The molecular weight excluding hydrogens is 539 g/mol. The first-order chi connectivity index (χ1) is 17.9. The average molecular weight is 576 g/mol. The molecule has 1 aromatic carbocycles. The number of nitrogens with zero attached hydrogens (tertiary/aromatic N) is 3. The Morgan fingerprint density at radius 1 is 1.13 bits per heavy atom. The highest BCUT2D eigenvalue weighted by Gasteiger charge is 2.38. The quantitative estimate of drug-likeness (QED) is 0.297. The molecule has 0 saturated carbocycles. The highest BCUT2D eigenvalue weighted by molar-refractivity contribution is 6.74. The summed E-state index contributed by atoms with van der Waals surface area (Å²) in [7, 11) is -2.07. The van der Waals surface area contributed by atoms with Crippen LogP contribution in [-0.2, 0) is 9.16 Å². The van der Waals surface area contributed by atoms with Gasteiger partial charge in [0.05, 0.1) is 28.4 Å². The van der Waals surface area contributed by atoms with Crippen LogP contribution in [-0.4, -0.2) is 48.7 Å². The normalized spacial score (nSPS) is 15.9. The number of hydrogen-bond acceptors (Lipinski definition) is 6. The number of anilines is 1. The molecule has 0 spiro atoms. The molecule has 1 atom stereocenters. The van der Waals surface area contributed by atoms with E-state index in [1.165, 1.54) is 0 Å². The van der Waals surface area contributed by atoms with Crippen molar-refractivity contribution in [3.63, 3.8) is 0 Å². The molecule has 1 fully saturated rings. The number of pyridine rings is 1. The van der Waals surface area contributed by atoms with Crippen LogP contribution in [0.4, 0.5) is 5.95 Å². The maximum atomic E-state index is 13.5. The molecule has 1 N–H and O–H groups in total. The van der Waals surface area contributed by atoms with E-state index in [4.69, 9.17) is 32.4 Å². The second kappa shape index (κ2) is 11.9. The molecule has 38 heavy (non-hydrogen) atoms. The van der Waals surface area contributed by atoms with Crippen molar-refractivity contribution in [1.82, 2.24) is 14.5 Å². The van der Waals surface area contributed by atoms with Crippen molar-refractivity contribution in [2.24, 2.45) is 0 Å². The molecule has 10 heteroatoms. The summed E-state index contributed by atoms with van der Waals surface area (Å²) in [4.78, 5) is 22.5. The average Bonchev–Trinajstić information content (AvgIpc) is 2.87. The second-order valence-electron chi connectivity index (χ2n) is 11.2. The van der Waals surface area contributed by atoms with Crippen LogP contribution in [0.2, 0.25) is 28.2 Å². The first-order valence-corrected chi connectivity index (χ1v) is 16.6. The molecular formula is C28H36Cl2N4O3Si. The van der Waals surface area contributed by atoms with E-state index in [-0.39, 0.29) is 22.7 Å². The third-order valence-electron chi connectivity index (χ3n) is 7.53. The minimum absolute atomic E-state index is 0.0351. The molecule has 4 rings (SSSR count). The summed E-state index contributed by atoms with van der Waals surface area (Å²) in [5, 5.41) is 4.33. The van der Waals surface area contributed by atoms with E-state index in [2.05, 4.69) is 49.1 Å². The van der Waals surface area contributed by atoms with Crippen molar-refractivity contribution >= 4 is 37.5 Å². The second-order valence-corrected chi connectivity index (χ2v) is 16.8. The van der Waals surface area contributed by atoms with E-state index in [0.717, 1.165) is 37.2 Å². The van der Waals surface area contributed by atoms with Crippen molar-refractivity contribution in [1.29, 1.82) is 0 Å². The maximum absolute atomic E-state index is 13.5. The zero-order valence-electron chi connectivity index (χ0n) is 22.6. The van der Waals surface area contributed by atoms with E-state index in [1.54, 1.807) is 29.1 Å². The molecule has 1 unspecified atom stereocenters. The molecule has 0 radical (unpaired) electrons. The lowest BCUT2D eigenvalue weighted by Gasteiger charge is -2.37. The van der Waals surface area contributed by atoms with Crippen molar-refractivity contribution in [2.75, 3.05) is 25.1 Å². The minimum atomic E-state index is -2.07. The summed E-state index contributed by atoms with van der Waals surface area (Å²) in [6, 6.07) is 10.7. The van der Waals surface area contributed by atoms with Crippen LogP contribution >= 0.6 is 23.2 Å². The van der Waals surface area contributed by atoms with E-state index >= 15 is 0 Å². The Bertz CT molecular complexity index is 1320. The molecule has 1 aliphatic heterocycles. The fourth-order valence-electron chi connectivity index (χ4n) is 4.08. The van der Waals surface area contributed by atoms with Crippen molar-refractivity contribution in [2.45, 2.75) is 63.8 Å². The Labute approximate surface area is 235 Å². The predicted octanol–water partition coefficient (Wildman–Crippen LogP) is 6.81. The van der Waals surface area contributed by atoms with Gasteiger partial charge in [0, 0.05) is 43.3 Å². The summed E-state index contributed by atoms with van der Waals surface area (Å²) >= 11 is 12.5. The molecule has 204 valence electrons. The minimum Gasteiger partial charge on any atom is -0.414 e. The molecule has 7 nitrogen and oxygen atoms in total. The molecule has 1 aliphatic rings. The zero-order valence-corrected chi connectivity index (χ0v) is 25.1. The molecule has 2 aromatic heterocycles. The van der Waals surface area contributed by atoms with Crippen molar-refractivity contribution < 1.29 is 9.16 Å². The van der Waals surface area contributed by atoms with Gasteiger partial charge in [-0.05, 0) is 60.8 Å².